The van der Waals surface area contributed by atoms with E-state index in [0.29, 0.717) is 18.7 Å². The van der Waals surface area contributed by atoms with Crippen molar-refractivity contribution >= 4 is 6.09 Å². The Kier molecular flexibility index (Phi) is 4.62. The lowest BCUT2D eigenvalue weighted by Gasteiger charge is -2.27. The molecule has 116 valence electrons. The second-order valence-corrected chi connectivity index (χ2v) is 6.02. The van der Waals surface area contributed by atoms with E-state index in [4.69, 9.17) is 9.47 Å². The van der Waals surface area contributed by atoms with Crippen LogP contribution >= 0.6 is 0 Å². The first-order valence-electron chi connectivity index (χ1n) is 6.91. The monoisotopic (exact) mass is 295 g/mol. The summed E-state index contributed by atoms with van der Waals surface area (Å²) < 4.78 is 11.1. The molecule has 1 N–H and O–H groups in total. The van der Waals surface area contributed by atoms with E-state index in [1.165, 1.54) is 11.2 Å². The number of nitrogens with zero attached hydrogens (tertiary/aromatic N) is 3. The van der Waals surface area contributed by atoms with E-state index in [0.717, 1.165) is 0 Å². The van der Waals surface area contributed by atoms with Gasteiger partial charge in [0.2, 0.25) is 0 Å². The van der Waals surface area contributed by atoms with Gasteiger partial charge in [0.15, 0.2) is 5.75 Å². The first-order valence-corrected chi connectivity index (χ1v) is 6.91. The molecule has 2 atom stereocenters. The maximum absolute atomic E-state index is 12.1. The molecule has 0 aromatic carbocycles. The molecule has 1 aromatic heterocycles. The van der Waals surface area contributed by atoms with Crippen molar-refractivity contribution in [2.24, 2.45) is 0 Å². The van der Waals surface area contributed by atoms with E-state index in [1.54, 1.807) is 12.4 Å². The zero-order valence-electron chi connectivity index (χ0n) is 12.5. The summed E-state index contributed by atoms with van der Waals surface area (Å²) in [6.45, 7) is 5.68. The van der Waals surface area contributed by atoms with Crippen molar-refractivity contribution < 1.29 is 19.4 Å². The predicted octanol–water partition coefficient (Wildman–Crippen LogP) is 1.23. The molecule has 2 rings (SSSR count). The highest BCUT2D eigenvalue weighted by molar-refractivity contribution is 5.69. The number of amides is 1. The molecule has 1 amide bonds. The molecule has 0 saturated carbocycles. The van der Waals surface area contributed by atoms with Crippen LogP contribution in [0.5, 0.6) is 5.75 Å². The van der Waals surface area contributed by atoms with Crippen LogP contribution in [0.2, 0.25) is 0 Å². The van der Waals surface area contributed by atoms with Crippen molar-refractivity contribution in [1.29, 1.82) is 0 Å². The van der Waals surface area contributed by atoms with Crippen LogP contribution in [-0.4, -0.2) is 57.0 Å². The molecule has 1 saturated heterocycles. The van der Waals surface area contributed by atoms with Crippen molar-refractivity contribution in [3.05, 3.63) is 18.7 Å². The van der Waals surface area contributed by atoms with Gasteiger partial charge in [-0.05, 0) is 20.8 Å². The highest BCUT2D eigenvalue weighted by Gasteiger charge is 2.38. The third-order valence-corrected chi connectivity index (χ3v) is 3.05. The van der Waals surface area contributed by atoms with Gasteiger partial charge in [-0.2, -0.15) is 0 Å². The van der Waals surface area contributed by atoms with E-state index in [1.807, 2.05) is 20.8 Å². The minimum Gasteiger partial charge on any atom is -0.485 e. The SMILES string of the molecule is CC(C)(C)OC(=O)N1C[C@H](Oc2cncnc2)C[C@H]1CO. The summed E-state index contributed by atoms with van der Waals surface area (Å²) in [4.78, 5) is 21.4. The quantitative estimate of drug-likeness (QED) is 0.902. The molecular formula is C14H21N3O4. The zero-order chi connectivity index (χ0) is 15.5. The maximum Gasteiger partial charge on any atom is 0.410 e. The number of carbonyl (C=O) groups excluding carboxylic acids is 1. The van der Waals surface area contributed by atoms with Crippen LogP contribution < -0.4 is 4.74 Å². The lowest BCUT2D eigenvalue weighted by atomic mass is 10.2. The molecule has 0 spiro atoms. The molecule has 0 aliphatic carbocycles. The van der Waals surface area contributed by atoms with Crippen LogP contribution in [0.1, 0.15) is 27.2 Å². The Balaban J connectivity index is 1.99. The maximum atomic E-state index is 12.1. The van der Waals surface area contributed by atoms with Crippen LogP contribution in [-0.2, 0) is 4.74 Å². The molecule has 7 nitrogen and oxygen atoms in total. The molecule has 1 aromatic rings. The van der Waals surface area contributed by atoms with E-state index < -0.39 is 11.7 Å². The summed E-state index contributed by atoms with van der Waals surface area (Å²) in [5.41, 5.74) is -0.566. The number of ether oxygens (including phenoxy) is 2. The van der Waals surface area contributed by atoms with Crippen LogP contribution in [0.4, 0.5) is 4.79 Å². The normalized spacial score (nSPS) is 22.2. The molecule has 1 aliphatic rings. The number of hydrogen-bond donors (Lipinski definition) is 1. The molecule has 21 heavy (non-hydrogen) atoms. The van der Waals surface area contributed by atoms with Crippen molar-refractivity contribution in [1.82, 2.24) is 14.9 Å². The number of aromatic nitrogens is 2. The lowest BCUT2D eigenvalue weighted by Crippen LogP contribution is -2.41. The minimum atomic E-state index is -0.566. The fourth-order valence-electron chi connectivity index (χ4n) is 2.22. The number of likely N-dealkylation sites (tertiary alicyclic amines) is 1. The second-order valence-electron chi connectivity index (χ2n) is 6.02. The van der Waals surface area contributed by atoms with Gasteiger partial charge < -0.3 is 14.6 Å². The van der Waals surface area contributed by atoms with Gasteiger partial charge in [-0.15, -0.1) is 0 Å². The van der Waals surface area contributed by atoms with Crippen molar-refractivity contribution in [2.45, 2.75) is 44.9 Å². The van der Waals surface area contributed by atoms with Crippen LogP contribution in [0, 0.1) is 0 Å². The minimum absolute atomic E-state index is 0.121. The third-order valence-electron chi connectivity index (χ3n) is 3.05. The van der Waals surface area contributed by atoms with Crippen molar-refractivity contribution in [3.63, 3.8) is 0 Å². The third kappa shape index (κ3) is 4.29. The Hall–Kier alpha value is -1.89. The Bertz CT molecular complexity index is 475. The van der Waals surface area contributed by atoms with Gasteiger partial charge in [-0.3, -0.25) is 4.90 Å². The van der Waals surface area contributed by atoms with Crippen molar-refractivity contribution in [3.8, 4) is 5.75 Å². The summed E-state index contributed by atoms with van der Waals surface area (Å²) in [6, 6.07) is -0.297. The first-order chi connectivity index (χ1) is 9.89. The average Bonchev–Trinajstić information content (AvgIpc) is 2.81. The summed E-state index contributed by atoms with van der Waals surface area (Å²) in [7, 11) is 0. The first kappa shape index (κ1) is 15.5. The summed E-state index contributed by atoms with van der Waals surface area (Å²) in [5.74, 6) is 0.547. The molecule has 0 unspecified atom stereocenters. The fourth-order valence-corrected chi connectivity index (χ4v) is 2.22. The number of rotatable bonds is 3. The molecule has 0 radical (unpaired) electrons. The summed E-state index contributed by atoms with van der Waals surface area (Å²) in [5, 5.41) is 9.44. The second kappa shape index (κ2) is 6.26. The number of hydrogen-bond acceptors (Lipinski definition) is 6. The summed E-state index contributed by atoms with van der Waals surface area (Å²) in [6.07, 6.45) is 4.46. The van der Waals surface area contributed by atoms with E-state index in [2.05, 4.69) is 9.97 Å². The smallest absolute Gasteiger partial charge is 0.410 e. The number of aliphatic hydroxyl groups is 1. The lowest BCUT2D eigenvalue weighted by molar-refractivity contribution is 0.0165. The topological polar surface area (TPSA) is 84.8 Å². The molecular weight excluding hydrogens is 274 g/mol. The zero-order valence-corrected chi connectivity index (χ0v) is 12.5. The standard InChI is InChI=1S/C14H21N3O4/c1-14(2,3)21-13(19)17-7-11(4-10(17)8-18)20-12-5-15-9-16-6-12/h5-6,9-11,18H,4,7-8H2,1-3H3/t10-,11+/m0/s1. The van der Waals surface area contributed by atoms with Gasteiger partial charge >= 0.3 is 6.09 Å². The van der Waals surface area contributed by atoms with Crippen LogP contribution in [0.25, 0.3) is 0 Å². The van der Waals surface area contributed by atoms with Gasteiger partial charge in [0.1, 0.15) is 18.0 Å². The van der Waals surface area contributed by atoms with Gasteiger partial charge in [0.05, 0.1) is 31.6 Å². The number of carbonyl (C=O) groups is 1. The van der Waals surface area contributed by atoms with E-state index in [-0.39, 0.29) is 18.8 Å². The van der Waals surface area contributed by atoms with Gasteiger partial charge in [-0.25, -0.2) is 14.8 Å². The van der Waals surface area contributed by atoms with E-state index >= 15 is 0 Å². The average molecular weight is 295 g/mol. The molecule has 1 fully saturated rings. The fraction of sp³-hybridized carbons (Fsp3) is 0.643. The highest BCUT2D eigenvalue weighted by Crippen LogP contribution is 2.24. The van der Waals surface area contributed by atoms with Crippen LogP contribution in [0.15, 0.2) is 18.7 Å². The molecule has 7 heteroatoms. The predicted molar refractivity (Wildman–Crippen MR) is 74.9 cm³/mol. The van der Waals surface area contributed by atoms with Crippen molar-refractivity contribution in [2.75, 3.05) is 13.2 Å². The van der Waals surface area contributed by atoms with Gasteiger partial charge in [0, 0.05) is 6.42 Å². The molecule has 0 bridgehead atoms. The molecule has 2 heterocycles. The molecule has 1 aliphatic heterocycles. The number of aliphatic hydroxyl groups excluding tert-OH is 1. The Morgan fingerprint density at radius 3 is 2.67 bits per heavy atom. The highest BCUT2D eigenvalue weighted by atomic mass is 16.6. The Labute approximate surface area is 123 Å². The Morgan fingerprint density at radius 1 is 1.43 bits per heavy atom. The summed E-state index contributed by atoms with van der Waals surface area (Å²) >= 11 is 0. The Morgan fingerprint density at radius 2 is 2.10 bits per heavy atom. The largest absolute Gasteiger partial charge is 0.485 e. The van der Waals surface area contributed by atoms with Gasteiger partial charge in [-0.1, -0.05) is 0 Å². The van der Waals surface area contributed by atoms with Crippen LogP contribution in [0.3, 0.4) is 0 Å². The van der Waals surface area contributed by atoms with Gasteiger partial charge in [0.25, 0.3) is 0 Å². The van der Waals surface area contributed by atoms with E-state index in [9.17, 15) is 9.90 Å².